The summed E-state index contributed by atoms with van der Waals surface area (Å²) in [6, 6.07) is 24.9. The molecule has 0 amide bonds. The number of aliphatic hydroxyl groups is 2. The Morgan fingerprint density at radius 3 is 1.15 bits per heavy atom. The number of methoxy groups -OCH3 is 6. The van der Waals surface area contributed by atoms with E-state index in [2.05, 4.69) is 40.3 Å². The van der Waals surface area contributed by atoms with E-state index in [1.54, 1.807) is 72.8 Å². The minimum atomic E-state index is -3.98. The van der Waals surface area contributed by atoms with Gasteiger partial charge in [0.05, 0.1) is 77.9 Å². The van der Waals surface area contributed by atoms with Crippen LogP contribution < -0.4 is 28.4 Å². The number of para-hydroxylation sites is 2. The zero-order valence-electron chi connectivity index (χ0n) is 40.4. The Labute approximate surface area is 423 Å². The number of rotatable bonds is 20. The van der Waals surface area contributed by atoms with Gasteiger partial charge in [-0.1, -0.05) is 24.3 Å². The van der Waals surface area contributed by atoms with E-state index < -0.39 is 66.5 Å². The van der Waals surface area contributed by atoms with Gasteiger partial charge in [-0.2, -0.15) is 0 Å². The van der Waals surface area contributed by atoms with E-state index in [-0.39, 0.29) is 34.7 Å². The molecule has 8 rings (SSSR count). The fourth-order valence-electron chi connectivity index (χ4n) is 7.36. The monoisotopic (exact) mass is 1060 g/mol. The maximum atomic E-state index is 13.2. The summed E-state index contributed by atoms with van der Waals surface area (Å²) in [5.41, 5.74) is 1.50. The van der Waals surface area contributed by atoms with Gasteiger partial charge in [0.25, 0.3) is 0 Å². The highest BCUT2D eigenvalue weighted by molar-refractivity contribution is 7.90. The van der Waals surface area contributed by atoms with Crippen LogP contribution in [0.3, 0.4) is 0 Å². The van der Waals surface area contributed by atoms with E-state index in [0.29, 0.717) is 57.5 Å². The third-order valence-electron chi connectivity index (χ3n) is 10.7. The fourth-order valence-corrected chi connectivity index (χ4v) is 10.1. The van der Waals surface area contributed by atoms with Crippen molar-refractivity contribution in [2.24, 2.45) is 0 Å². The summed E-state index contributed by atoms with van der Waals surface area (Å²) in [6.45, 7) is 0. The number of hydrogen-bond donors (Lipinski definition) is 2. The van der Waals surface area contributed by atoms with Crippen LogP contribution in [0.2, 0.25) is 0 Å². The lowest BCUT2D eigenvalue weighted by molar-refractivity contribution is 0.196. The predicted octanol–water partition coefficient (Wildman–Crippen LogP) is 5.08. The number of halogens is 2. The second kappa shape index (κ2) is 23.6. The zero-order valence-corrected chi connectivity index (χ0v) is 42.0. The first-order valence-corrected chi connectivity index (χ1v) is 25.5. The summed E-state index contributed by atoms with van der Waals surface area (Å²) in [6.07, 6.45) is -1.13. The number of benzene rings is 2. The quantitative estimate of drug-likeness (QED) is 0.101. The molecule has 0 saturated carbocycles. The second-order valence-electron chi connectivity index (χ2n) is 15.6. The molecule has 22 nitrogen and oxygen atoms in total. The van der Waals surface area contributed by atoms with Gasteiger partial charge >= 0.3 is 0 Å². The minimum Gasteiger partial charge on any atom is -0.494 e. The SMILES string of the molecule is COc1cccc(-c2nnc(CS(=O)(=O)C[C@@H](O)c3ccc(F)cn3)n2-c2c(OC)cccc2OC)n1.COc1cccc(-c2nnc(CS(=O)(=O)C[C@H](O)c3ccc(F)cn3)n2-c2c(OC)cccc2OC)n1. The Bertz CT molecular complexity index is 3170. The van der Waals surface area contributed by atoms with Gasteiger partial charge in [0.2, 0.25) is 11.8 Å². The molecule has 0 unspecified atom stereocenters. The smallest absolute Gasteiger partial charge is 0.213 e. The van der Waals surface area contributed by atoms with E-state index in [0.717, 1.165) is 24.5 Å². The number of aliphatic hydroxyl groups excluding tert-OH is 2. The van der Waals surface area contributed by atoms with Crippen LogP contribution in [0.4, 0.5) is 8.78 Å². The Morgan fingerprint density at radius 2 is 0.838 bits per heavy atom. The maximum absolute atomic E-state index is 13.2. The van der Waals surface area contributed by atoms with Gasteiger partial charge < -0.3 is 38.6 Å². The summed E-state index contributed by atoms with van der Waals surface area (Å²) < 4.78 is 115. The number of nitrogens with zero attached hydrogens (tertiary/aromatic N) is 10. The molecule has 0 aliphatic heterocycles. The molecule has 0 fully saturated rings. The van der Waals surface area contributed by atoms with Crippen molar-refractivity contribution in [1.29, 1.82) is 0 Å². The maximum Gasteiger partial charge on any atom is 0.213 e. The van der Waals surface area contributed by atoms with Gasteiger partial charge in [-0.05, 0) is 60.7 Å². The zero-order chi connectivity index (χ0) is 53.2. The molecule has 0 radical (unpaired) electrons. The van der Waals surface area contributed by atoms with Crippen LogP contribution in [0.1, 0.15) is 35.2 Å². The summed E-state index contributed by atoms with van der Waals surface area (Å²) in [4.78, 5) is 16.3. The van der Waals surface area contributed by atoms with Gasteiger partial charge in [-0.25, -0.2) is 35.6 Å². The number of hydrogen-bond acceptors (Lipinski definition) is 20. The van der Waals surface area contributed by atoms with Crippen LogP contribution in [-0.2, 0) is 31.2 Å². The highest BCUT2D eigenvalue weighted by atomic mass is 32.2. The molecule has 2 atom stereocenters. The van der Waals surface area contributed by atoms with E-state index in [9.17, 15) is 35.8 Å². The number of ether oxygens (including phenoxy) is 6. The summed E-state index contributed by atoms with van der Waals surface area (Å²) >= 11 is 0. The van der Waals surface area contributed by atoms with Crippen molar-refractivity contribution in [3.8, 4) is 69.2 Å². The van der Waals surface area contributed by atoms with Crippen LogP contribution in [0, 0.1) is 11.6 Å². The minimum absolute atomic E-state index is 0.0270. The van der Waals surface area contributed by atoms with Gasteiger partial charge in [-0.3, -0.25) is 19.1 Å². The first-order valence-electron chi connectivity index (χ1n) is 21.9. The van der Waals surface area contributed by atoms with Crippen LogP contribution in [0.15, 0.2) is 109 Å². The van der Waals surface area contributed by atoms with Crippen molar-refractivity contribution in [1.82, 2.24) is 49.5 Å². The lowest BCUT2D eigenvalue weighted by atomic mass is 10.2. The molecule has 2 aromatic carbocycles. The Balaban J connectivity index is 0.000000216. The van der Waals surface area contributed by atoms with E-state index in [1.165, 1.54) is 63.9 Å². The molecular weight excluding hydrogens is 1010 g/mol. The number of sulfone groups is 2. The average Bonchev–Trinajstić information content (AvgIpc) is 4.01. The van der Waals surface area contributed by atoms with E-state index in [4.69, 9.17) is 28.4 Å². The van der Waals surface area contributed by atoms with Gasteiger partial charge in [0.15, 0.2) is 43.0 Å². The molecule has 0 aliphatic carbocycles. The topological polar surface area (TPSA) is 277 Å². The number of aromatic nitrogens is 10. The van der Waals surface area contributed by atoms with Crippen molar-refractivity contribution in [3.05, 3.63) is 144 Å². The van der Waals surface area contributed by atoms with E-state index in [1.807, 2.05) is 0 Å². The third kappa shape index (κ3) is 12.5. The fraction of sp³-hybridized carbons (Fsp3) is 0.250. The molecule has 26 heteroatoms. The first-order chi connectivity index (χ1) is 35.5. The molecular formula is C48H48F2N10O12S2. The lowest BCUT2D eigenvalue weighted by Crippen LogP contribution is -2.19. The summed E-state index contributed by atoms with van der Waals surface area (Å²) in [5.74, 6) is -1.11. The molecule has 0 saturated heterocycles. The molecule has 0 aliphatic rings. The normalized spacial score (nSPS) is 12.2. The number of pyridine rings is 4. The lowest BCUT2D eigenvalue weighted by Gasteiger charge is -2.17. The van der Waals surface area contributed by atoms with Gasteiger partial charge in [0, 0.05) is 12.1 Å². The Morgan fingerprint density at radius 1 is 0.486 bits per heavy atom. The van der Waals surface area contributed by atoms with E-state index >= 15 is 0 Å². The highest BCUT2D eigenvalue weighted by Crippen LogP contribution is 2.38. The molecule has 0 spiro atoms. The van der Waals surface area contributed by atoms with Crippen molar-refractivity contribution >= 4 is 19.7 Å². The first kappa shape index (κ1) is 53.6. The molecule has 6 heterocycles. The van der Waals surface area contributed by atoms with Crippen LogP contribution in [-0.4, -0.2) is 131 Å². The Kier molecular flexibility index (Phi) is 17.1. The second-order valence-corrected chi connectivity index (χ2v) is 19.9. The molecule has 0 bridgehead atoms. The standard InChI is InChI=1S/2C24H24FN5O6S/c2*1-34-19-7-5-8-20(35-2)23(19)30-21(28-29-24(30)17-6-4-9-22(27-17)36-3)14-37(32,33)13-18(31)16-11-10-15(25)12-26-16/h2*4-12,18,31H,13-14H2,1-3H3/t2*18-/m10/s1. The van der Waals surface area contributed by atoms with Gasteiger partial charge in [-0.15, -0.1) is 20.4 Å². The third-order valence-corrected chi connectivity index (χ3v) is 13.8. The average molecular weight is 1060 g/mol. The van der Waals surface area contributed by atoms with Crippen molar-refractivity contribution in [2.45, 2.75) is 23.7 Å². The van der Waals surface area contributed by atoms with Crippen LogP contribution in [0.25, 0.3) is 34.4 Å². The molecule has 388 valence electrons. The summed E-state index contributed by atoms with van der Waals surface area (Å²) in [5, 5.41) is 37.6. The molecule has 6 aromatic heterocycles. The highest BCUT2D eigenvalue weighted by Gasteiger charge is 2.30. The van der Waals surface area contributed by atoms with Crippen molar-refractivity contribution in [2.75, 3.05) is 54.2 Å². The Hall–Kier alpha value is -8.20. The van der Waals surface area contributed by atoms with Crippen LogP contribution >= 0.6 is 0 Å². The molecule has 8 aromatic rings. The summed E-state index contributed by atoms with van der Waals surface area (Å²) in [7, 11) is 0.856. The predicted molar refractivity (Wildman–Crippen MR) is 262 cm³/mol. The van der Waals surface area contributed by atoms with Crippen molar-refractivity contribution < 1.29 is 64.3 Å². The van der Waals surface area contributed by atoms with Gasteiger partial charge in [0.1, 0.15) is 81.1 Å². The van der Waals surface area contributed by atoms with Crippen molar-refractivity contribution in [3.63, 3.8) is 0 Å². The molecule has 2 N–H and O–H groups in total. The molecule has 74 heavy (non-hydrogen) atoms. The van der Waals surface area contributed by atoms with Crippen LogP contribution in [0.5, 0.6) is 34.8 Å². The largest absolute Gasteiger partial charge is 0.494 e.